The van der Waals surface area contributed by atoms with E-state index in [2.05, 4.69) is 58.4 Å². The van der Waals surface area contributed by atoms with Crippen molar-refractivity contribution in [3.8, 4) is 0 Å². The molecule has 0 saturated carbocycles. The van der Waals surface area contributed by atoms with E-state index in [1.54, 1.807) is 0 Å². The first kappa shape index (κ1) is 14.1. The van der Waals surface area contributed by atoms with Gasteiger partial charge in [-0.05, 0) is 30.7 Å². The van der Waals surface area contributed by atoms with E-state index in [1.165, 1.54) is 11.3 Å². The van der Waals surface area contributed by atoms with Gasteiger partial charge in [-0.15, -0.1) is 10.2 Å². The van der Waals surface area contributed by atoms with Crippen molar-refractivity contribution in [2.45, 2.75) is 25.8 Å². The Bertz CT molecular complexity index is 591. The average molecular weight is 286 g/mol. The van der Waals surface area contributed by atoms with Crippen molar-refractivity contribution in [3.05, 3.63) is 41.6 Å². The summed E-state index contributed by atoms with van der Waals surface area (Å²) < 4.78 is 5.55. The van der Waals surface area contributed by atoms with Gasteiger partial charge < -0.3 is 9.32 Å². The summed E-state index contributed by atoms with van der Waals surface area (Å²) in [7, 11) is 4.12. The molecule has 1 fully saturated rings. The third-order valence-electron chi connectivity index (χ3n) is 4.02. The average Bonchev–Trinajstić information content (AvgIpc) is 3.08. The Morgan fingerprint density at radius 1 is 1.24 bits per heavy atom. The van der Waals surface area contributed by atoms with Crippen LogP contribution in [-0.2, 0) is 6.54 Å². The van der Waals surface area contributed by atoms with Gasteiger partial charge in [-0.3, -0.25) is 4.90 Å². The summed E-state index contributed by atoms with van der Waals surface area (Å²) in [6, 6.07) is 8.76. The molecule has 21 heavy (non-hydrogen) atoms. The summed E-state index contributed by atoms with van der Waals surface area (Å²) in [6.07, 6.45) is 1.09. The zero-order valence-electron chi connectivity index (χ0n) is 12.9. The number of likely N-dealkylation sites (tertiary alicyclic amines) is 1. The second-order valence-corrected chi connectivity index (χ2v) is 5.94. The highest BCUT2D eigenvalue weighted by Gasteiger charge is 2.27. The fourth-order valence-electron chi connectivity index (χ4n) is 2.81. The number of aryl methyl sites for hydroxylation is 1. The molecule has 5 nitrogen and oxygen atoms in total. The summed E-state index contributed by atoms with van der Waals surface area (Å²) in [6.45, 7) is 4.91. The minimum Gasteiger partial charge on any atom is -0.425 e. The maximum atomic E-state index is 5.55. The van der Waals surface area contributed by atoms with Crippen LogP contribution in [0.5, 0.6) is 0 Å². The van der Waals surface area contributed by atoms with Crippen molar-refractivity contribution in [1.29, 1.82) is 0 Å². The fourth-order valence-corrected chi connectivity index (χ4v) is 2.81. The SMILES string of the molecule is Cc1nnc([C@H]2CCN(Cc3ccc(N(C)C)cc3)C2)o1. The van der Waals surface area contributed by atoms with Gasteiger partial charge in [0, 0.05) is 39.8 Å². The van der Waals surface area contributed by atoms with Gasteiger partial charge in [0.2, 0.25) is 11.8 Å². The van der Waals surface area contributed by atoms with Crippen LogP contribution in [-0.4, -0.2) is 42.3 Å². The van der Waals surface area contributed by atoms with Crippen molar-refractivity contribution in [2.75, 3.05) is 32.1 Å². The maximum Gasteiger partial charge on any atom is 0.220 e. The molecule has 0 amide bonds. The number of nitrogens with zero attached hydrogens (tertiary/aromatic N) is 4. The molecule has 3 rings (SSSR count). The zero-order chi connectivity index (χ0) is 14.8. The summed E-state index contributed by atoms with van der Waals surface area (Å²) in [5.41, 5.74) is 2.59. The Hall–Kier alpha value is -1.88. The van der Waals surface area contributed by atoms with Crippen LogP contribution in [0.2, 0.25) is 0 Å². The van der Waals surface area contributed by atoms with Gasteiger partial charge in [0.1, 0.15) is 0 Å². The van der Waals surface area contributed by atoms with Crippen LogP contribution < -0.4 is 4.90 Å². The van der Waals surface area contributed by atoms with Crippen molar-refractivity contribution >= 4 is 5.69 Å². The number of benzene rings is 1. The van der Waals surface area contributed by atoms with E-state index in [1.807, 2.05) is 6.92 Å². The minimum atomic E-state index is 0.382. The molecule has 1 aromatic heterocycles. The van der Waals surface area contributed by atoms with E-state index in [9.17, 15) is 0 Å². The summed E-state index contributed by atoms with van der Waals surface area (Å²) in [4.78, 5) is 4.57. The van der Waals surface area contributed by atoms with Gasteiger partial charge in [0.05, 0.1) is 5.92 Å². The van der Waals surface area contributed by atoms with Crippen LogP contribution in [0.4, 0.5) is 5.69 Å². The van der Waals surface area contributed by atoms with Crippen LogP contribution in [0, 0.1) is 6.92 Å². The molecule has 2 heterocycles. The van der Waals surface area contributed by atoms with Crippen molar-refractivity contribution in [2.24, 2.45) is 0 Å². The molecule has 0 bridgehead atoms. The number of aromatic nitrogens is 2. The lowest BCUT2D eigenvalue weighted by atomic mass is 10.1. The van der Waals surface area contributed by atoms with Gasteiger partial charge in [-0.25, -0.2) is 0 Å². The Labute approximate surface area is 125 Å². The molecule has 112 valence electrons. The van der Waals surface area contributed by atoms with Crippen molar-refractivity contribution < 1.29 is 4.42 Å². The Balaban J connectivity index is 1.59. The largest absolute Gasteiger partial charge is 0.425 e. The van der Waals surface area contributed by atoms with E-state index in [0.717, 1.165) is 31.9 Å². The first-order valence-corrected chi connectivity index (χ1v) is 7.40. The molecule has 0 aliphatic carbocycles. The van der Waals surface area contributed by atoms with E-state index in [4.69, 9.17) is 4.42 Å². The molecule has 1 aromatic carbocycles. The molecule has 0 unspecified atom stereocenters. The number of anilines is 1. The lowest BCUT2D eigenvalue weighted by Crippen LogP contribution is -2.20. The van der Waals surface area contributed by atoms with E-state index in [0.29, 0.717) is 11.8 Å². The van der Waals surface area contributed by atoms with Crippen LogP contribution in [0.15, 0.2) is 28.7 Å². The van der Waals surface area contributed by atoms with Gasteiger partial charge in [-0.2, -0.15) is 0 Å². The van der Waals surface area contributed by atoms with Gasteiger partial charge >= 0.3 is 0 Å². The number of hydrogen-bond donors (Lipinski definition) is 0. The zero-order valence-corrected chi connectivity index (χ0v) is 12.9. The predicted octanol–water partition coefficient (Wildman–Crippen LogP) is 2.43. The molecule has 2 aromatic rings. The second-order valence-electron chi connectivity index (χ2n) is 5.94. The molecule has 0 spiro atoms. The van der Waals surface area contributed by atoms with Gasteiger partial charge in [0.25, 0.3) is 0 Å². The number of hydrogen-bond acceptors (Lipinski definition) is 5. The third-order valence-corrected chi connectivity index (χ3v) is 4.02. The fraction of sp³-hybridized carbons (Fsp3) is 0.500. The van der Waals surface area contributed by atoms with Crippen molar-refractivity contribution in [3.63, 3.8) is 0 Å². The molecule has 1 aliphatic rings. The maximum absolute atomic E-state index is 5.55. The lowest BCUT2D eigenvalue weighted by Gasteiger charge is -2.17. The van der Waals surface area contributed by atoms with E-state index in [-0.39, 0.29) is 0 Å². The van der Waals surface area contributed by atoms with Gasteiger partial charge in [0.15, 0.2) is 0 Å². The second kappa shape index (κ2) is 5.85. The molecule has 1 aliphatic heterocycles. The first-order valence-electron chi connectivity index (χ1n) is 7.40. The summed E-state index contributed by atoms with van der Waals surface area (Å²) in [5.74, 6) is 1.83. The first-order chi connectivity index (χ1) is 10.1. The monoisotopic (exact) mass is 286 g/mol. The predicted molar refractivity (Wildman–Crippen MR) is 82.4 cm³/mol. The molecule has 1 saturated heterocycles. The molecular formula is C16H22N4O. The Morgan fingerprint density at radius 3 is 2.62 bits per heavy atom. The lowest BCUT2D eigenvalue weighted by molar-refractivity contribution is 0.319. The van der Waals surface area contributed by atoms with Crippen LogP contribution in [0.25, 0.3) is 0 Å². The molecule has 0 N–H and O–H groups in total. The number of rotatable bonds is 4. The summed E-state index contributed by atoms with van der Waals surface area (Å²) >= 11 is 0. The highest BCUT2D eigenvalue weighted by molar-refractivity contribution is 5.45. The topological polar surface area (TPSA) is 45.4 Å². The van der Waals surface area contributed by atoms with E-state index >= 15 is 0 Å². The minimum absolute atomic E-state index is 0.382. The Morgan fingerprint density at radius 2 is 2.00 bits per heavy atom. The molecular weight excluding hydrogens is 264 g/mol. The smallest absolute Gasteiger partial charge is 0.220 e. The Kier molecular flexibility index (Phi) is 3.92. The third kappa shape index (κ3) is 3.24. The molecule has 1 atom stereocenters. The van der Waals surface area contributed by atoms with E-state index < -0.39 is 0 Å². The molecule has 0 radical (unpaired) electrons. The summed E-state index contributed by atoms with van der Waals surface area (Å²) in [5, 5.41) is 8.08. The normalized spacial score (nSPS) is 19.1. The van der Waals surface area contributed by atoms with Crippen LogP contribution >= 0.6 is 0 Å². The highest BCUT2D eigenvalue weighted by atomic mass is 16.4. The van der Waals surface area contributed by atoms with Gasteiger partial charge in [-0.1, -0.05) is 12.1 Å². The standard InChI is InChI=1S/C16H22N4O/c1-12-17-18-16(21-12)14-8-9-20(11-14)10-13-4-6-15(7-5-13)19(2)3/h4-7,14H,8-11H2,1-3H3/t14-/m0/s1. The quantitative estimate of drug-likeness (QED) is 0.864. The van der Waals surface area contributed by atoms with Crippen molar-refractivity contribution in [1.82, 2.24) is 15.1 Å². The van der Waals surface area contributed by atoms with Crippen LogP contribution in [0.1, 0.15) is 29.7 Å². The van der Waals surface area contributed by atoms with Crippen LogP contribution in [0.3, 0.4) is 0 Å². The highest BCUT2D eigenvalue weighted by Crippen LogP contribution is 2.27. The molecule has 5 heteroatoms.